The first-order chi connectivity index (χ1) is 6.61. The van der Waals surface area contributed by atoms with E-state index in [0.717, 1.165) is 0 Å². The van der Waals surface area contributed by atoms with Gasteiger partial charge in [-0.1, -0.05) is 27.7 Å². The molecule has 1 radical (unpaired) electrons. The van der Waals surface area contributed by atoms with Crippen LogP contribution >= 0.6 is 0 Å². The summed E-state index contributed by atoms with van der Waals surface area (Å²) in [6.45, 7) is 8.48. The van der Waals surface area contributed by atoms with Gasteiger partial charge in [0.1, 0.15) is 0 Å². The van der Waals surface area contributed by atoms with Crippen molar-refractivity contribution in [3.05, 3.63) is 66.1 Å². The van der Waals surface area contributed by atoms with Gasteiger partial charge in [-0.25, -0.2) is 24.3 Å². The van der Waals surface area contributed by atoms with Gasteiger partial charge in [-0.3, -0.25) is 0 Å². The summed E-state index contributed by atoms with van der Waals surface area (Å²) >= 11 is 0. The first-order valence-electron chi connectivity index (χ1n) is 4.99. The minimum absolute atomic E-state index is 0. The second kappa shape index (κ2) is 8.70. The van der Waals surface area contributed by atoms with Gasteiger partial charge in [0.25, 0.3) is 0 Å². The standard InChI is InChI=1S/2C7H9.CH3.Zr/c2*1-6-4-3-5-7(6)2;;/h2*3-5H,1-2H3;1H3;/q3*-1;+3. The normalized spacial score (nSPS) is 8.25. The molecule has 0 atom stereocenters. The van der Waals surface area contributed by atoms with E-state index >= 15 is 0 Å². The molecular weight excluding hydrogens is 271 g/mol. The fourth-order valence-electron chi connectivity index (χ4n) is 1.20. The van der Waals surface area contributed by atoms with E-state index in [4.69, 9.17) is 0 Å². The maximum Gasteiger partial charge on any atom is 3.00 e. The molecule has 0 heterocycles. The van der Waals surface area contributed by atoms with Gasteiger partial charge >= 0.3 is 26.2 Å². The van der Waals surface area contributed by atoms with Crippen LogP contribution in [-0.4, -0.2) is 0 Å². The number of aryl methyl sites for hydroxylation is 4. The van der Waals surface area contributed by atoms with Crippen LogP contribution in [0.5, 0.6) is 0 Å². The number of hydrogen-bond acceptors (Lipinski definition) is 0. The van der Waals surface area contributed by atoms with Crippen LogP contribution in [0.3, 0.4) is 0 Å². The third-order valence-electron chi connectivity index (χ3n) is 2.63. The molecule has 0 saturated heterocycles. The first-order valence-corrected chi connectivity index (χ1v) is 4.99. The Morgan fingerprint density at radius 1 is 0.812 bits per heavy atom. The molecule has 0 amide bonds. The van der Waals surface area contributed by atoms with Crippen molar-refractivity contribution in [2.75, 3.05) is 0 Å². The van der Waals surface area contributed by atoms with E-state index in [1.165, 1.54) is 22.3 Å². The molecule has 0 aliphatic carbocycles. The molecule has 0 nitrogen and oxygen atoms in total. The summed E-state index contributed by atoms with van der Waals surface area (Å²) in [5, 5.41) is 0. The summed E-state index contributed by atoms with van der Waals surface area (Å²) in [5.74, 6) is 0. The molecule has 0 aliphatic heterocycles. The zero-order valence-corrected chi connectivity index (χ0v) is 13.4. The van der Waals surface area contributed by atoms with E-state index in [9.17, 15) is 0 Å². The molecular formula is C15H21Zr. The van der Waals surface area contributed by atoms with Crippen molar-refractivity contribution in [1.29, 1.82) is 0 Å². The van der Waals surface area contributed by atoms with Crippen molar-refractivity contribution < 1.29 is 26.2 Å². The zero-order chi connectivity index (χ0) is 10.6. The summed E-state index contributed by atoms with van der Waals surface area (Å²) in [4.78, 5) is 0. The van der Waals surface area contributed by atoms with Crippen molar-refractivity contribution in [2.45, 2.75) is 27.7 Å². The fourth-order valence-corrected chi connectivity index (χ4v) is 1.20. The number of rotatable bonds is 0. The fraction of sp³-hybridized carbons (Fsp3) is 0.267. The van der Waals surface area contributed by atoms with Gasteiger partial charge < -0.3 is 7.43 Å². The molecule has 0 bridgehead atoms. The molecule has 0 unspecified atom stereocenters. The van der Waals surface area contributed by atoms with Crippen LogP contribution in [0.4, 0.5) is 0 Å². The minimum Gasteiger partial charge on any atom is -0.358 e. The molecule has 0 spiro atoms. The van der Waals surface area contributed by atoms with Crippen LogP contribution in [0, 0.1) is 35.1 Å². The van der Waals surface area contributed by atoms with Gasteiger partial charge in [-0.05, 0) is 0 Å². The van der Waals surface area contributed by atoms with Crippen molar-refractivity contribution in [3.8, 4) is 0 Å². The molecule has 2 aromatic carbocycles. The molecule has 0 saturated carbocycles. The van der Waals surface area contributed by atoms with Gasteiger partial charge in [-0.15, -0.1) is 0 Å². The van der Waals surface area contributed by atoms with E-state index in [1.807, 2.05) is 0 Å². The Morgan fingerprint density at radius 3 is 1.19 bits per heavy atom. The predicted octanol–water partition coefficient (Wildman–Crippen LogP) is 4.49. The van der Waals surface area contributed by atoms with Gasteiger partial charge in [0.2, 0.25) is 0 Å². The van der Waals surface area contributed by atoms with Crippen LogP contribution in [0.2, 0.25) is 0 Å². The summed E-state index contributed by atoms with van der Waals surface area (Å²) < 4.78 is 0. The molecule has 2 aromatic rings. The van der Waals surface area contributed by atoms with Gasteiger partial charge in [0, 0.05) is 0 Å². The van der Waals surface area contributed by atoms with E-state index in [2.05, 4.69) is 64.1 Å². The van der Waals surface area contributed by atoms with Gasteiger partial charge in [0.15, 0.2) is 0 Å². The average Bonchev–Trinajstić information content (AvgIpc) is 2.67. The van der Waals surface area contributed by atoms with Crippen LogP contribution < -0.4 is 0 Å². The summed E-state index contributed by atoms with van der Waals surface area (Å²) in [6, 6.07) is 12.6. The molecule has 0 N–H and O–H groups in total. The largest absolute Gasteiger partial charge is 3.00 e. The quantitative estimate of drug-likeness (QED) is 0.628. The Hall–Kier alpha value is -0.417. The van der Waals surface area contributed by atoms with E-state index in [0.29, 0.717) is 0 Å². The van der Waals surface area contributed by atoms with Crippen molar-refractivity contribution in [1.82, 2.24) is 0 Å². The SMILES string of the molecule is Cc1ccc[c-]1C.Cc1ccc[c-]1C.[CH3-].[Zr+3]. The monoisotopic (exact) mass is 291 g/mol. The van der Waals surface area contributed by atoms with E-state index < -0.39 is 0 Å². The molecule has 0 aromatic heterocycles. The maximum absolute atomic E-state index is 2.12. The molecule has 2 rings (SSSR count). The number of hydrogen-bond donors (Lipinski definition) is 0. The smallest absolute Gasteiger partial charge is 0.358 e. The van der Waals surface area contributed by atoms with Crippen molar-refractivity contribution >= 4 is 0 Å². The summed E-state index contributed by atoms with van der Waals surface area (Å²) in [5.41, 5.74) is 5.56. The Labute approximate surface area is 120 Å². The van der Waals surface area contributed by atoms with Crippen molar-refractivity contribution in [3.63, 3.8) is 0 Å². The zero-order valence-electron chi connectivity index (χ0n) is 11.0. The summed E-state index contributed by atoms with van der Waals surface area (Å²) in [7, 11) is 0. The predicted molar refractivity (Wildman–Crippen MR) is 69.4 cm³/mol. The Morgan fingerprint density at radius 2 is 1.12 bits per heavy atom. The molecule has 0 fully saturated rings. The Kier molecular flexibility index (Phi) is 9.77. The van der Waals surface area contributed by atoms with E-state index in [-0.39, 0.29) is 33.6 Å². The van der Waals surface area contributed by atoms with Gasteiger partial charge in [-0.2, -0.15) is 34.4 Å². The third kappa shape index (κ3) is 5.61. The molecule has 1 heteroatoms. The van der Waals surface area contributed by atoms with Crippen LogP contribution in [0.15, 0.2) is 36.4 Å². The van der Waals surface area contributed by atoms with Crippen LogP contribution in [0.1, 0.15) is 22.3 Å². The second-order valence-electron chi connectivity index (χ2n) is 3.78. The summed E-state index contributed by atoms with van der Waals surface area (Å²) in [6.07, 6.45) is 0. The maximum atomic E-state index is 2.12. The Balaban J connectivity index is 0. The van der Waals surface area contributed by atoms with Gasteiger partial charge in [0.05, 0.1) is 0 Å². The van der Waals surface area contributed by atoms with Crippen molar-refractivity contribution in [2.24, 2.45) is 0 Å². The molecule has 0 aliphatic rings. The van der Waals surface area contributed by atoms with Crippen LogP contribution in [-0.2, 0) is 26.2 Å². The average molecular weight is 293 g/mol. The molecule has 16 heavy (non-hydrogen) atoms. The second-order valence-corrected chi connectivity index (χ2v) is 3.78. The third-order valence-corrected chi connectivity index (χ3v) is 2.63. The molecule has 85 valence electrons. The first kappa shape index (κ1) is 18.0. The topological polar surface area (TPSA) is 0 Å². The minimum atomic E-state index is 0. The van der Waals surface area contributed by atoms with E-state index in [1.54, 1.807) is 0 Å². The van der Waals surface area contributed by atoms with Crippen LogP contribution in [0.25, 0.3) is 0 Å². The Bertz CT molecular complexity index is 308.